The molecule has 0 aliphatic heterocycles. The van der Waals surface area contributed by atoms with E-state index in [4.69, 9.17) is 4.74 Å². The summed E-state index contributed by atoms with van der Waals surface area (Å²) < 4.78 is 7.71. The molecule has 0 unspecified atom stereocenters. The number of nitrogens with one attached hydrogen (secondary N) is 1. The topological polar surface area (TPSA) is 102 Å². The normalized spacial score (nSPS) is 11.7. The fourth-order valence-corrected chi connectivity index (χ4v) is 3.38. The maximum absolute atomic E-state index is 10.4. The number of benzene rings is 1. The number of phenolic OH excluding ortho intramolecular Hbond substituents is 1. The average Bonchev–Trinajstić information content (AvgIpc) is 3.37. The zero-order valence-electron chi connectivity index (χ0n) is 17.6. The SMILES string of the molecule is CCc1cc(-c2ccn(C)n2)c(O)cc1OCCCCCC(C)(C)c1nn[nH]n1. The molecule has 0 fully saturated rings. The van der Waals surface area contributed by atoms with Gasteiger partial charge in [0.15, 0.2) is 5.82 Å². The van der Waals surface area contributed by atoms with E-state index in [1.807, 2.05) is 25.4 Å². The number of hydrogen-bond donors (Lipinski definition) is 2. The molecule has 0 radical (unpaired) electrons. The number of ether oxygens (including phenoxy) is 1. The summed E-state index contributed by atoms with van der Waals surface area (Å²) in [6.45, 7) is 6.97. The van der Waals surface area contributed by atoms with Crippen LogP contribution in [0.25, 0.3) is 11.3 Å². The third-order valence-electron chi connectivity index (χ3n) is 5.20. The van der Waals surface area contributed by atoms with Gasteiger partial charge in [0.2, 0.25) is 0 Å². The molecule has 0 saturated heterocycles. The number of unbranched alkanes of at least 4 members (excludes halogenated alkanes) is 2. The van der Waals surface area contributed by atoms with E-state index in [0.717, 1.165) is 60.5 Å². The second kappa shape index (κ2) is 9.07. The lowest BCUT2D eigenvalue weighted by Gasteiger charge is -2.20. The fraction of sp³-hybridized carbons (Fsp3) is 0.524. The van der Waals surface area contributed by atoms with E-state index < -0.39 is 0 Å². The monoisotopic (exact) mass is 398 g/mol. The second-order valence-electron chi connectivity index (χ2n) is 7.98. The third-order valence-corrected chi connectivity index (χ3v) is 5.20. The van der Waals surface area contributed by atoms with Crippen molar-refractivity contribution >= 4 is 0 Å². The summed E-state index contributed by atoms with van der Waals surface area (Å²) in [6.07, 6.45) is 6.76. The van der Waals surface area contributed by atoms with Crippen molar-refractivity contribution in [2.75, 3.05) is 6.61 Å². The summed E-state index contributed by atoms with van der Waals surface area (Å²) in [5.74, 6) is 1.69. The Morgan fingerprint density at radius 3 is 2.69 bits per heavy atom. The Morgan fingerprint density at radius 2 is 2.03 bits per heavy atom. The summed E-state index contributed by atoms with van der Waals surface area (Å²) in [4.78, 5) is 0. The minimum atomic E-state index is -0.0870. The summed E-state index contributed by atoms with van der Waals surface area (Å²) in [5.41, 5.74) is 2.48. The Labute approximate surface area is 171 Å². The first-order chi connectivity index (χ1) is 13.9. The number of phenols is 1. The minimum absolute atomic E-state index is 0.0870. The van der Waals surface area contributed by atoms with E-state index in [2.05, 4.69) is 46.5 Å². The highest BCUT2D eigenvalue weighted by Crippen LogP contribution is 2.35. The van der Waals surface area contributed by atoms with Crippen molar-refractivity contribution in [1.29, 1.82) is 0 Å². The number of rotatable bonds is 10. The predicted octanol–water partition coefficient (Wildman–Crippen LogP) is 3.79. The molecular formula is C21H30N6O2. The van der Waals surface area contributed by atoms with Crippen molar-refractivity contribution in [3.63, 3.8) is 0 Å². The van der Waals surface area contributed by atoms with Gasteiger partial charge >= 0.3 is 0 Å². The summed E-state index contributed by atoms with van der Waals surface area (Å²) in [7, 11) is 1.86. The van der Waals surface area contributed by atoms with Gasteiger partial charge in [-0.3, -0.25) is 4.68 Å². The van der Waals surface area contributed by atoms with Crippen LogP contribution in [0.1, 0.15) is 57.8 Å². The first-order valence-electron chi connectivity index (χ1n) is 10.1. The van der Waals surface area contributed by atoms with Gasteiger partial charge in [0.1, 0.15) is 11.5 Å². The molecule has 0 spiro atoms. The van der Waals surface area contributed by atoms with Crippen molar-refractivity contribution < 1.29 is 9.84 Å². The number of aromatic nitrogens is 6. The van der Waals surface area contributed by atoms with Gasteiger partial charge in [-0.1, -0.05) is 38.8 Å². The van der Waals surface area contributed by atoms with E-state index in [9.17, 15) is 5.11 Å². The summed E-state index contributed by atoms with van der Waals surface area (Å²) in [6, 6.07) is 5.58. The highest BCUT2D eigenvalue weighted by Gasteiger charge is 2.24. The molecule has 2 heterocycles. The molecule has 29 heavy (non-hydrogen) atoms. The quantitative estimate of drug-likeness (QED) is 0.504. The van der Waals surface area contributed by atoms with Crippen LogP contribution in [-0.4, -0.2) is 42.1 Å². The number of aromatic hydroxyl groups is 1. The van der Waals surface area contributed by atoms with Crippen LogP contribution in [0, 0.1) is 0 Å². The van der Waals surface area contributed by atoms with Crippen LogP contribution in [0.3, 0.4) is 0 Å². The first-order valence-corrected chi connectivity index (χ1v) is 10.1. The lowest BCUT2D eigenvalue weighted by atomic mass is 9.86. The van der Waals surface area contributed by atoms with Crippen LogP contribution in [0.4, 0.5) is 0 Å². The van der Waals surface area contributed by atoms with E-state index in [1.165, 1.54) is 0 Å². The molecule has 3 rings (SSSR count). The van der Waals surface area contributed by atoms with Gasteiger partial charge in [-0.05, 0) is 37.0 Å². The lowest BCUT2D eigenvalue weighted by Crippen LogP contribution is -2.19. The predicted molar refractivity (Wildman–Crippen MR) is 111 cm³/mol. The van der Waals surface area contributed by atoms with E-state index in [-0.39, 0.29) is 11.2 Å². The van der Waals surface area contributed by atoms with Crippen LogP contribution in [0.15, 0.2) is 24.4 Å². The highest BCUT2D eigenvalue weighted by molar-refractivity contribution is 5.69. The highest BCUT2D eigenvalue weighted by atomic mass is 16.5. The zero-order chi connectivity index (χ0) is 20.9. The van der Waals surface area contributed by atoms with E-state index >= 15 is 0 Å². The van der Waals surface area contributed by atoms with Gasteiger partial charge in [-0.25, -0.2) is 0 Å². The Hall–Kier alpha value is -2.90. The summed E-state index contributed by atoms with van der Waals surface area (Å²) >= 11 is 0. The fourth-order valence-electron chi connectivity index (χ4n) is 3.38. The van der Waals surface area contributed by atoms with Crippen molar-refractivity contribution in [1.82, 2.24) is 30.4 Å². The molecule has 0 saturated carbocycles. The molecule has 156 valence electrons. The minimum Gasteiger partial charge on any atom is -0.507 e. The van der Waals surface area contributed by atoms with Crippen LogP contribution in [-0.2, 0) is 18.9 Å². The molecular weight excluding hydrogens is 368 g/mol. The summed E-state index contributed by atoms with van der Waals surface area (Å²) in [5, 5.41) is 29.2. The number of aromatic amines is 1. The van der Waals surface area contributed by atoms with E-state index in [1.54, 1.807) is 10.7 Å². The van der Waals surface area contributed by atoms with E-state index in [0.29, 0.717) is 6.61 Å². The Balaban J connectivity index is 1.51. The third kappa shape index (κ3) is 5.13. The van der Waals surface area contributed by atoms with Crippen molar-refractivity contribution in [3.05, 3.63) is 35.8 Å². The van der Waals surface area contributed by atoms with Gasteiger partial charge in [0.05, 0.1) is 12.3 Å². The van der Waals surface area contributed by atoms with Gasteiger partial charge in [-0.2, -0.15) is 10.3 Å². The second-order valence-corrected chi connectivity index (χ2v) is 7.98. The van der Waals surface area contributed by atoms with Crippen LogP contribution in [0.5, 0.6) is 11.5 Å². The average molecular weight is 399 g/mol. The van der Waals surface area contributed by atoms with Crippen molar-refractivity contribution in [2.24, 2.45) is 7.05 Å². The van der Waals surface area contributed by atoms with Crippen molar-refractivity contribution in [2.45, 2.75) is 58.3 Å². The molecule has 3 aromatic rings. The number of H-pyrrole nitrogens is 1. The van der Waals surface area contributed by atoms with Crippen LogP contribution >= 0.6 is 0 Å². The molecule has 0 aliphatic rings. The standard InChI is InChI=1S/C21H30N6O2/c1-5-15-13-16(17-9-11-27(4)24-17)18(28)14-19(15)29-12-8-6-7-10-21(2,3)20-22-25-26-23-20/h9,11,13-14,28H,5-8,10,12H2,1-4H3,(H,22,23,25,26). The smallest absolute Gasteiger partial charge is 0.180 e. The molecule has 8 heteroatoms. The molecule has 0 bridgehead atoms. The molecule has 0 aliphatic carbocycles. The molecule has 0 amide bonds. The van der Waals surface area contributed by atoms with Gasteiger partial charge in [0.25, 0.3) is 0 Å². The number of hydrogen-bond acceptors (Lipinski definition) is 6. The number of aryl methyl sites for hydroxylation is 2. The maximum atomic E-state index is 10.4. The number of nitrogens with zero attached hydrogens (tertiary/aromatic N) is 5. The molecule has 2 N–H and O–H groups in total. The van der Waals surface area contributed by atoms with Gasteiger partial charge < -0.3 is 9.84 Å². The molecule has 2 aromatic heterocycles. The largest absolute Gasteiger partial charge is 0.507 e. The maximum Gasteiger partial charge on any atom is 0.180 e. The van der Waals surface area contributed by atoms with Crippen molar-refractivity contribution in [3.8, 4) is 22.8 Å². The van der Waals surface area contributed by atoms with Gasteiger partial charge in [-0.15, -0.1) is 10.2 Å². The zero-order valence-corrected chi connectivity index (χ0v) is 17.6. The molecule has 1 aromatic carbocycles. The molecule has 0 atom stereocenters. The number of tetrazole rings is 1. The lowest BCUT2D eigenvalue weighted by molar-refractivity contribution is 0.296. The Kier molecular flexibility index (Phi) is 6.51. The Morgan fingerprint density at radius 1 is 1.21 bits per heavy atom. The Bertz CT molecular complexity index is 917. The van der Waals surface area contributed by atoms with Crippen LogP contribution < -0.4 is 4.74 Å². The molecule has 8 nitrogen and oxygen atoms in total. The van der Waals surface area contributed by atoms with Crippen LogP contribution in [0.2, 0.25) is 0 Å². The first kappa shape index (κ1) is 20.8. The van der Waals surface area contributed by atoms with Gasteiger partial charge in [0, 0.05) is 30.3 Å².